The van der Waals surface area contributed by atoms with Crippen molar-refractivity contribution in [2.45, 2.75) is 42.9 Å². The van der Waals surface area contributed by atoms with Gasteiger partial charge in [-0.1, -0.05) is 55.9 Å². The van der Waals surface area contributed by atoms with E-state index in [-0.39, 0.29) is 17.1 Å². The van der Waals surface area contributed by atoms with Crippen LogP contribution in [0, 0.1) is 16.7 Å². The maximum Gasteiger partial charge on any atom is 0.265 e. The molecule has 2 saturated carbocycles. The van der Waals surface area contributed by atoms with Crippen LogP contribution in [0.3, 0.4) is 0 Å². The van der Waals surface area contributed by atoms with Crippen molar-refractivity contribution in [3.05, 3.63) is 54.1 Å². The van der Waals surface area contributed by atoms with Crippen molar-refractivity contribution >= 4 is 39.2 Å². The first kappa shape index (κ1) is 25.4. The number of hydrogen-bond acceptors (Lipinski definition) is 7. The van der Waals surface area contributed by atoms with Crippen LogP contribution >= 0.6 is 11.8 Å². The van der Waals surface area contributed by atoms with E-state index in [2.05, 4.69) is 58.7 Å². The maximum absolute atomic E-state index is 11.9. The Balaban J connectivity index is 0.000000157. The lowest BCUT2D eigenvalue weighted by Gasteiger charge is -2.35. The average Bonchev–Trinajstić information content (AvgIpc) is 3.09. The normalized spacial score (nSPS) is 26.3. The SMILES string of the molecule is CC1(C)C2CC[C@@]1(CS(=O)(=O)O)C(=O)C2.c1ccc2c(c1)N=C(N1CCNCC1)c1ccccc1S2. The lowest BCUT2D eigenvalue weighted by atomic mass is 9.70. The number of nitrogens with zero attached hydrogens (tertiary/aromatic N) is 2. The van der Waals surface area contributed by atoms with Crippen molar-refractivity contribution in [2.75, 3.05) is 31.9 Å². The van der Waals surface area contributed by atoms with E-state index in [9.17, 15) is 13.2 Å². The summed E-state index contributed by atoms with van der Waals surface area (Å²) in [5.74, 6) is 1.01. The minimum absolute atomic E-state index is 0.0152. The molecule has 0 spiro atoms. The first-order chi connectivity index (χ1) is 17.1. The minimum Gasteiger partial charge on any atom is -0.354 e. The molecule has 2 aromatic rings. The highest BCUT2D eigenvalue weighted by Crippen LogP contribution is 2.64. The van der Waals surface area contributed by atoms with E-state index in [0.29, 0.717) is 12.8 Å². The van der Waals surface area contributed by atoms with Crippen LogP contribution in [-0.2, 0) is 14.9 Å². The van der Waals surface area contributed by atoms with Gasteiger partial charge in [-0.05, 0) is 42.4 Å². The molecule has 2 aliphatic heterocycles. The van der Waals surface area contributed by atoms with Crippen molar-refractivity contribution in [3.8, 4) is 0 Å². The molecular formula is C27H33N3O4S2. The zero-order valence-corrected chi connectivity index (χ0v) is 22.4. The molecule has 9 heteroatoms. The number of hydrogen-bond donors (Lipinski definition) is 2. The Morgan fingerprint density at radius 2 is 1.75 bits per heavy atom. The van der Waals surface area contributed by atoms with Gasteiger partial charge in [0.1, 0.15) is 11.6 Å². The molecule has 2 bridgehead atoms. The Bertz CT molecular complexity index is 1300. The summed E-state index contributed by atoms with van der Waals surface area (Å²) in [7, 11) is -4.08. The van der Waals surface area contributed by atoms with Crippen LogP contribution in [0.5, 0.6) is 0 Å². The fraction of sp³-hybridized carbons (Fsp3) is 0.481. The van der Waals surface area contributed by atoms with E-state index in [1.54, 1.807) is 0 Å². The number of benzene rings is 2. The van der Waals surface area contributed by atoms with Gasteiger partial charge in [0.25, 0.3) is 10.1 Å². The second-order valence-electron chi connectivity index (χ2n) is 10.6. The molecule has 7 nitrogen and oxygen atoms in total. The fourth-order valence-electron chi connectivity index (χ4n) is 6.21. The van der Waals surface area contributed by atoms with Crippen LogP contribution in [0.1, 0.15) is 38.7 Å². The zero-order valence-electron chi connectivity index (χ0n) is 20.7. The van der Waals surface area contributed by atoms with E-state index in [4.69, 9.17) is 9.55 Å². The molecule has 2 N–H and O–H groups in total. The third-order valence-electron chi connectivity index (χ3n) is 8.42. The van der Waals surface area contributed by atoms with Crippen LogP contribution in [0.2, 0.25) is 0 Å². The Kier molecular flexibility index (Phi) is 6.78. The molecule has 6 rings (SSSR count). The monoisotopic (exact) mass is 527 g/mol. The summed E-state index contributed by atoms with van der Waals surface area (Å²) in [4.78, 5) is 21.8. The highest BCUT2D eigenvalue weighted by atomic mass is 32.2. The molecule has 192 valence electrons. The average molecular weight is 528 g/mol. The van der Waals surface area contributed by atoms with Crippen molar-refractivity contribution < 1.29 is 17.8 Å². The molecule has 1 unspecified atom stereocenters. The molecule has 0 aromatic heterocycles. The highest BCUT2D eigenvalue weighted by Gasteiger charge is 2.65. The second-order valence-corrected chi connectivity index (χ2v) is 13.2. The molecule has 2 aromatic carbocycles. The van der Waals surface area contributed by atoms with Crippen molar-refractivity contribution in [1.82, 2.24) is 10.2 Å². The van der Waals surface area contributed by atoms with E-state index in [0.717, 1.165) is 44.1 Å². The summed E-state index contributed by atoms with van der Waals surface area (Å²) in [6.07, 6.45) is 1.97. The Morgan fingerprint density at radius 3 is 2.39 bits per heavy atom. The molecule has 3 fully saturated rings. The third kappa shape index (κ3) is 4.62. The van der Waals surface area contributed by atoms with Crippen molar-refractivity contribution in [1.29, 1.82) is 0 Å². The number of Topliss-reactive ketones (excluding diaryl/α,β-unsaturated/α-hetero) is 1. The summed E-state index contributed by atoms with van der Waals surface area (Å²) in [5.41, 5.74) is 1.21. The minimum atomic E-state index is -4.08. The van der Waals surface area contributed by atoms with Gasteiger partial charge in [-0.15, -0.1) is 0 Å². The van der Waals surface area contributed by atoms with Crippen molar-refractivity contribution in [3.63, 3.8) is 0 Å². The van der Waals surface area contributed by atoms with Crippen molar-refractivity contribution in [2.24, 2.45) is 21.7 Å². The predicted molar refractivity (Wildman–Crippen MR) is 143 cm³/mol. The molecular weight excluding hydrogens is 494 g/mol. The van der Waals surface area contributed by atoms with Gasteiger partial charge in [-0.2, -0.15) is 8.42 Å². The molecule has 1 saturated heterocycles. The van der Waals surface area contributed by atoms with Crippen LogP contribution in [0.4, 0.5) is 5.69 Å². The standard InChI is InChI=1S/C17H17N3S.C10H16O4S/c1-3-7-15-13(5-1)17(20-11-9-18-10-12-20)19-14-6-2-4-8-16(14)21-15;1-9(2)7-3-4-10(9,8(11)5-7)6-15(12,13)14/h1-8,18H,9-12H2;7H,3-6H2,1-2H3,(H,12,13,14)/t;7?,10-/m.1/s1. The molecule has 2 heterocycles. The Hall–Kier alpha value is -2.20. The maximum atomic E-state index is 11.9. The molecule has 4 aliphatic rings. The lowest BCUT2D eigenvalue weighted by Crippen LogP contribution is -2.46. The molecule has 0 radical (unpaired) electrons. The number of aliphatic imine (C=N–C) groups is 1. The number of rotatable bonds is 2. The number of amidine groups is 1. The largest absolute Gasteiger partial charge is 0.354 e. The first-order valence-corrected chi connectivity index (χ1v) is 14.9. The van der Waals surface area contributed by atoms with Gasteiger partial charge in [0, 0.05) is 48.0 Å². The summed E-state index contributed by atoms with van der Waals surface area (Å²) >= 11 is 1.81. The van der Waals surface area contributed by atoms with Gasteiger partial charge in [-0.3, -0.25) is 9.35 Å². The zero-order chi connectivity index (χ0) is 25.6. The number of ketones is 1. The van der Waals surface area contributed by atoms with E-state index in [1.807, 2.05) is 25.6 Å². The third-order valence-corrected chi connectivity index (χ3v) is 10.4. The number of para-hydroxylation sites is 1. The van der Waals surface area contributed by atoms with E-state index < -0.39 is 21.3 Å². The highest BCUT2D eigenvalue weighted by molar-refractivity contribution is 7.99. The second kappa shape index (κ2) is 9.59. The number of carbonyl (C=O) groups is 1. The van der Waals surface area contributed by atoms with E-state index in [1.165, 1.54) is 15.4 Å². The number of fused-ring (bicyclic) bond motifs is 4. The van der Waals surface area contributed by atoms with Gasteiger partial charge in [0.15, 0.2) is 0 Å². The molecule has 2 atom stereocenters. The smallest absolute Gasteiger partial charge is 0.265 e. The Labute approximate surface area is 217 Å². The van der Waals surface area contributed by atoms with Crippen LogP contribution < -0.4 is 5.32 Å². The summed E-state index contributed by atoms with van der Waals surface area (Å²) in [6.45, 7) is 7.97. The topological polar surface area (TPSA) is 99.1 Å². The summed E-state index contributed by atoms with van der Waals surface area (Å²) < 4.78 is 31.0. The summed E-state index contributed by atoms with van der Waals surface area (Å²) in [6, 6.07) is 17.0. The van der Waals surface area contributed by atoms with Gasteiger partial charge in [0.2, 0.25) is 0 Å². The van der Waals surface area contributed by atoms with E-state index >= 15 is 0 Å². The van der Waals surface area contributed by atoms with Gasteiger partial charge in [-0.25, -0.2) is 4.99 Å². The van der Waals surface area contributed by atoms with Crippen LogP contribution in [0.15, 0.2) is 63.3 Å². The van der Waals surface area contributed by atoms with Crippen LogP contribution in [0.25, 0.3) is 0 Å². The quantitative estimate of drug-likeness (QED) is 0.559. The fourth-order valence-corrected chi connectivity index (χ4v) is 8.52. The molecule has 0 amide bonds. The lowest BCUT2D eigenvalue weighted by molar-refractivity contribution is -0.128. The first-order valence-electron chi connectivity index (χ1n) is 12.5. The molecule has 36 heavy (non-hydrogen) atoms. The van der Waals surface area contributed by atoms with Crippen LogP contribution in [-0.4, -0.2) is 61.4 Å². The number of piperazine rings is 1. The predicted octanol–water partition coefficient (Wildman–Crippen LogP) is 4.40. The Morgan fingerprint density at radius 1 is 1.08 bits per heavy atom. The van der Waals surface area contributed by atoms with Gasteiger partial charge in [0.05, 0.1) is 16.9 Å². The molecule has 2 aliphatic carbocycles. The number of carbonyl (C=O) groups excluding carboxylic acids is 1. The summed E-state index contributed by atoms with van der Waals surface area (Å²) in [5, 5.41) is 3.41. The van der Waals surface area contributed by atoms with Gasteiger partial charge < -0.3 is 10.2 Å². The van der Waals surface area contributed by atoms with Gasteiger partial charge >= 0.3 is 0 Å². The number of nitrogens with one attached hydrogen (secondary N) is 1.